The first-order valence-corrected chi connectivity index (χ1v) is 10.2. The highest BCUT2D eigenvalue weighted by Gasteiger charge is 2.09. The fourth-order valence-corrected chi connectivity index (χ4v) is 3.65. The van der Waals surface area contributed by atoms with Crippen molar-refractivity contribution in [3.05, 3.63) is 76.0 Å². The van der Waals surface area contributed by atoms with Gasteiger partial charge in [0.05, 0.1) is 5.69 Å². The summed E-state index contributed by atoms with van der Waals surface area (Å²) in [5.74, 6) is 0. The first-order valence-electron chi connectivity index (χ1n) is 9.37. The van der Waals surface area contributed by atoms with Crippen LogP contribution in [0.25, 0.3) is 5.69 Å². The van der Waals surface area contributed by atoms with Crippen molar-refractivity contribution in [1.29, 1.82) is 0 Å². The molecule has 0 saturated heterocycles. The SMILES string of the molecule is CCN(CC)c1ccc(N=Cc2cc(C)n(-c3ccc(Br)cc3)c2C)cc1. The van der Waals surface area contributed by atoms with Crippen LogP contribution in [0.3, 0.4) is 0 Å². The second kappa shape index (κ2) is 8.57. The van der Waals surface area contributed by atoms with Crippen molar-refractivity contribution < 1.29 is 0 Å². The molecule has 0 saturated carbocycles. The third kappa shape index (κ3) is 4.33. The van der Waals surface area contributed by atoms with E-state index < -0.39 is 0 Å². The summed E-state index contributed by atoms with van der Waals surface area (Å²) in [6, 6.07) is 19.0. The van der Waals surface area contributed by atoms with Gasteiger partial charge in [-0.15, -0.1) is 0 Å². The molecule has 1 heterocycles. The number of nitrogens with zero attached hydrogens (tertiary/aromatic N) is 3. The number of aromatic nitrogens is 1. The maximum absolute atomic E-state index is 4.69. The molecule has 0 amide bonds. The fraction of sp³-hybridized carbons (Fsp3) is 0.261. The van der Waals surface area contributed by atoms with Gasteiger partial charge in [-0.05, 0) is 82.3 Å². The average molecular weight is 424 g/mol. The number of aliphatic imine (C=N–C) groups is 1. The molecule has 3 aromatic rings. The third-order valence-corrected chi connectivity index (χ3v) is 5.41. The van der Waals surface area contributed by atoms with E-state index in [1.165, 1.54) is 17.1 Å². The molecule has 0 aliphatic rings. The summed E-state index contributed by atoms with van der Waals surface area (Å²) in [5.41, 5.74) is 6.91. The van der Waals surface area contributed by atoms with E-state index in [1.807, 2.05) is 6.21 Å². The zero-order valence-electron chi connectivity index (χ0n) is 16.4. The molecule has 0 N–H and O–H groups in total. The topological polar surface area (TPSA) is 20.5 Å². The van der Waals surface area contributed by atoms with Crippen LogP contribution in [0.5, 0.6) is 0 Å². The minimum Gasteiger partial charge on any atom is -0.372 e. The number of aryl methyl sites for hydroxylation is 1. The Morgan fingerprint density at radius 1 is 0.963 bits per heavy atom. The summed E-state index contributed by atoms with van der Waals surface area (Å²) in [6.45, 7) is 10.7. The van der Waals surface area contributed by atoms with Crippen LogP contribution in [-0.4, -0.2) is 23.9 Å². The predicted molar refractivity (Wildman–Crippen MR) is 120 cm³/mol. The van der Waals surface area contributed by atoms with Crippen molar-refractivity contribution in [3.8, 4) is 5.69 Å². The van der Waals surface area contributed by atoms with E-state index in [2.05, 4.69) is 113 Å². The second-order valence-corrected chi connectivity index (χ2v) is 7.50. The highest BCUT2D eigenvalue weighted by Crippen LogP contribution is 2.23. The highest BCUT2D eigenvalue weighted by molar-refractivity contribution is 9.10. The zero-order valence-corrected chi connectivity index (χ0v) is 18.0. The number of rotatable bonds is 6. The summed E-state index contributed by atoms with van der Waals surface area (Å²) in [5, 5.41) is 0. The quantitative estimate of drug-likeness (QED) is 0.416. The molecular formula is C23H26BrN3. The molecule has 0 fully saturated rings. The van der Waals surface area contributed by atoms with E-state index in [0.717, 1.165) is 34.5 Å². The van der Waals surface area contributed by atoms with E-state index in [-0.39, 0.29) is 0 Å². The second-order valence-electron chi connectivity index (χ2n) is 6.59. The summed E-state index contributed by atoms with van der Waals surface area (Å²) in [4.78, 5) is 7.02. The first-order chi connectivity index (χ1) is 13.0. The van der Waals surface area contributed by atoms with Crippen molar-refractivity contribution >= 4 is 33.5 Å². The van der Waals surface area contributed by atoms with E-state index in [0.29, 0.717) is 0 Å². The lowest BCUT2D eigenvalue weighted by Crippen LogP contribution is -2.21. The van der Waals surface area contributed by atoms with E-state index >= 15 is 0 Å². The van der Waals surface area contributed by atoms with Gasteiger partial charge in [0.1, 0.15) is 0 Å². The van der Waals surface area contributed by atoms with Gasteiger partial charge in [0, 0.05) is 52.1 Å². The molecule has 3 nitrogen and oxygen atoms in total. The standard InChI is InChI=1S/C23H26BrN3/c1-5-26(6-2)22-13-9-21(10-14-22)25-16-19-15-17(3)27(18(19)4)23-11-7-20(24)8-12-23/h7-16H,5-6H2,1-4H3. The Hall–Kier alpha value is -2.33. The lowest BCUT2D eigenvalue weighted by Gasteiger charge is -2.20. The Balaban J connectivity index is 1.84. The molecule has 1 aromatic heterocycles. The minimum atomic E-state index is 0.972. The van der Waals surface area contributed by atoms with Crippen molar-refractivity contribution in [2.45, 2.75) is 27.7 Å². The molecule has 0 unspecified atom stereocenters. The largest absolute Gasteiger partial charge is 0.372 e. The monoisotopic (exact) mass is 423 g/mol. The van der Waals surface area contributed by atoms with Gasteiger partial charge < -0.3 is 9.47 Å². The average Bonchev–Trinajstić information content (AvgIpc) is 2.96. The number of hydrogen-bond donors (Lipinski definition) is 0. The number of halogens is 1. The smallest absolute Gasteiger partial charge is 0.0631 e. The van der Waals surface area contributed by atoms with Gasteiger partial charge >= 0.3 is 0 Å². The molecule has 140 valence electrons. The van der Waals surface area contributed by atoms with Gasteiger partial charge in [-0.1, -0.05) is 15.9 Å². The lowest BCUT2D eigenvalue weighted by atomic mass is 10.2. The first kappa shape index (κ1) is 19.4. The Morgan fingerprint density at radius 2 is 1.59 bits per heavy atom. The van der Waals surface area contributed by atoms with Crippen molar-refractivity contribution in [3.63, 3.8) is 0 Å². The predicted octanol–water partition coefficient (Wildman–Crippen LogP) is 6.45. The van der Waals surface area contributed by atoms with E-state index in [1.54, 1.807) is 0 Å². The maximum Gasteiger partial charge on any atom is 0.0631 e. The Bertz CT molecular complexity index is 918. The van der Waals surface area contributed by atoms with Crippen LogP contribution in [0.2, 0.25) is 0 Å². The van der Waals surface area contributed by atoms with Gasteiger partial charge in [-0.3, -0.25) is 4.99 Å². The van der Waals surface area contributed by atoms with Crippen LogP contribution in [-0.2, 0) is 0 Å². The molecule has 0 radical (unpaired) electrons. The summed E-state index contributed by atoms with van der Waals surface area (Å²) < 4.78 is 3.35. The molecule has 2 aromatic carbocycles. The molecule has 0 bridgehead atoms. The van der Waals surface area contributed by atoms with Crippen LogP contribution < -0.4 is 4.90 Å². The van der Waals surface area contributed by atoms with E-state index in [9.17, 15) is 0 Å². The molecule has 3 rings (SSSR count). The lowest BCUT2D eigenvalue weighted by molar-refractivity contribution is 0.866. The van der Waals surface area contributed by atoms with Gasteiger partial charge in [-0.25, -0.2) is 0 Å². The molecule has 0 aliphatic carbocycles. The third-order valence-electron chi connectivity index (χ3n) is 4.89. The fourth-order valence-electron chi connectivity index (χ4n) is 3.39. The Morgan fingerprint density at radius 3 is 2.19 bits per heavy atom. The Labute approximate surface area is 170 Å². The van der Waals surface area contributed by atoms with Gasteiger partial charge in [0.2, 0.25) is 0 Å². The summed E-state index contributed by atoms with van der Waals surface area (Å²) in [6.07, 6.45) is 1.96. The minimum absolute atomic E-state index is 0.972. The Kier molecular flexibility index (Phi) is 6.17. The maximum atomic E-state index is 4.69. The number of anilines is 1. The molecule has 0 aliphatic heterocycles. The van der Waals surface area contributed by atoms with E-state index in [4.69, 9.17) is 0 Å². The molecule has 4 heteroatoms. The van der Waals surface area contributed by atoms with Crippen LogP contribution in [0.15, 0.2) is 64.1 Å². The molecular weight excluding hydrogens is 398 g/mol. The van der Waals surface area contributed by atoms with Crippen LogP contribution >= 0.6 is 15.9 Å². The van der Waals surface area contributed by atoms with Gasteiger partial charge in [-0.2, -0.15) is 0 Å². The summed E-state index contributed by atoms with van der Waals surface area (Å²) >= 11 is 3.50. The number of benzene rings is 2. The number of hydrogen-bond acceptors (Lipinski definition) is 2. The molecule has 27 heavy (non-hydrogen) atoms. The van der Waals surface area contributed by atoms with Crippen LogP contribution in [0.4, 0.5) is 11.4 Å². The van der Waals surface area contributed by atoms with Crippen molar-refractivity contribution in [1.82, 2.24) is 4.57 Å². The van der Waals surface area contributed by atoms with Gasteiger partial charge in [0.25, 0.3) is 0 Å². The van der Waals surface area contributed by atoms with Gasteiger partial charge in [0.15, 0.2) is 0 Å². The zero-order chi connectivity index (χ0) is 19.4. The highest BCUT2D eigenvalue weighted by atomic mass is 79.9. The molecule has 0 spiro atoms. The van der Waals surface area contributed by atoms with Crippen LogP contribution in [0.1, 0.15) is 30.8 Å². The van der Waals surface area contributed by atoms with Crippen molar-refractivity contribution in [2.75, 3.05) is 18.0 Å². The molecule has 0 atom stereocenters. The normalized spacial score (nSPS) is 11.3. The van der Waals surface area contributed by atoms with Crippen molar-refractivity contribution in [2.24, 2.45) is 4.99 Å². The van der Waals surface area contributed by atoms with Crippen LogP contribution in [0, 0.1) is 13.8 Å². The summed E-state index contributed by atoms with van der Waals surface area (Å²) in [7, 11) is 0.